The second-order valence-corrected chi connectivity index (χ2v) is 4.64. The van der Waals surface area contributed by atoms with Crippen LogP contribution < -0.4 is 9.47 Å². The number of hydrogen-bond donors (Lipinski definition) is 0. The van der Waals surface area contributed by atoms with Crippen molar-refractivity contribution < 1.29 is 19.1 Å². The van der Waals surface area contributed by atoms with E-state index in [2.05, 4.69) is 0 Å². The number of ketones is 1. The summed E-state index contributed by atoms with van der Waals surface area (Å²) < 4.78 is 11.0. The predicted molar refractivity (Wildman–Crippen MR) is 69.3 cm³/mol. The summed E-state index contributed by atoms with van der Waals surface area (Å²) in [5.41, 5.74) is 1.95. The van der Waals surface area contributed by atoms with Crippen molar-refractivity contribution in [1.29, 1.82) is 0 Å². The van der Waals surface area contributed by atoms with Gasteiger partial charge in [0.05, 0.1) is 0 Å². The summed E-state index contributed by atoms with van der Waals surface area (Å²) in [6.07, 6.45) is 0. The second kappa shape index (κ2) is 5.30. The van der Waals surface area contributed by atoms with Gasteiger partial charge in [-0.3, -0.25) is 9.59 Å². The van der Waals surface area contributed by atoms with E-state index in [0.29, 0.717) is 25.5 Å². The maximum atomic E-state index is 11.6. The number of rotatable bonds is 3. The molecular weight excluding hydrogens is 246 g/mol. The minimum Gasteiger partial charge on any atom is -0.486 e. The van der Waals surface area contributed by atoms with Crippen molar-refractivity contribution in [1.82, 2.24) is 4.90 Å². The second-order valence-electron chi connectivity index (χ2n) is 4.64. The maximum absolute atomic E-state index is 11.6. The topological polar surface area (TPSA) is 55.8 Å². The monoisotopic (exact) mass is 263 g/mol. The Morgan fingerprint density at radius 2 is 1.79 bits per heavy atom. The summed E-state index contributed by atoms with van der Waals surface area (Å²) in [7, 11) is 1.61. The Morgan fingerprint density at radius 1 is 1.21 bits per heavy atom. The third-order valence-electron chi connectivity index (χ3n) is 3.06. The van der Waals surface area contributed by atoms with Gasteiger partial charge in [-0.2, -0.15) is 0 Å². The van der Waals surface area contributed by atoms with Crippen molar-refractivity contribution in [2.75, 3.05) is 20.3 Å². The number of benzene rings is 1. The summed E-state index contributed by atoms with van der Waals surface area (Å²) in [6, 6.07) is 3.77. The largest absolute Gasteiger partial charge is 0.486 e. The number of fused-ring (bicyclic) bond motifs is 1. The van der Waals surface area contributed by atoms with Gasteiger partial charge in [0.1, 0.15) is 13.2 Å². The average molecular weight is 263 g/mol. The van der Waals surface area contributed by atoms with E-state index < -0.39 is 11.7 Å². The average Bonchev–Trinajstić information content (AvgIpc) is 2.38. The van der Waals surface area contributed by atoms with E-state index in [-0.39, 0.29) is 0 Å². The van der Waals surface area contributed by atoms with Crippen molar-refractivity contribution in [3.8, 4) is 11.5 Å². The molecule has 0 unspecified atom stereocenters. The van der Waals surface area contributed by atoms with Gasteiger partial charge in [0.2, 0.25) is 5.78 Å². The van der Waals surface area contributed by atoms with Crippen LogP contribution in [0, 0.1) is 6.92 Å². The van der Waals surface area contributed by atoms with Crippen molar-refractivity contribution in [3.63, 3.8) is 0 Å². The summed E-state index contributed by atoms with van der Waals surface area (Å²) in [6.45, 7) is 4.67. The molecule has 2 rings (SSSR count). The fourth-order valence-corrected chi connectivity index (χ4v) is 2.00. The number of aryl methyl sites for hydroxylation is 1. The molecule has 1 amide bonds. The highest BCUT2D eigenvalue weighted by Crippen LogP contribution is 2.33. The predicted octanol–water partition coefficient (Wildman–Crippen LogP) is 1.31. The number of hydrogen-bond acceptors (Lipinski definition) is 4. The van der Waals surface area contributed by atoms with E-state index in [0.717, 1.165) is 16.9 Å². The smallest absolute Gasteiger partial charge is 0.289 e. The van der Waals surface area contributed by atoms with Crippen molar-refractivity contribution >= 4 is 11.7 Å². The highest BCUT2D eigenvalue weighted by atomic mass is 16.6. The molecule has 1 aliphatic heterocycles. The normalized spacial score (nSPS) is 13.0. The molecule has 0 aromatic heterocycles. The third kappa shape index (κ3) is 2.86. The number of Topliss-reactive ketones (excluding diaryl/α,β-unsaturated/α-hetero) is 1. The van der Waals surface area contributed by atoms with E-state index in [1.807, 2.05) is 19.1 Å². The zero-order chi connectivity index (χ0) is 14.0. The van der Waals surface area contributed by atoms with Crippen LogP contribution in [0.25, 0.3) is 0 Å². The minimum atomic E-state index is -0.491. The highest BCUT2D eigenvalue weighted by molar-refractivity contribution is 6.34. The van der Waals surface area contributed by atoms with Gasteiger partial charge in [-0.25, -0.2) is 0 Å². The number of likely N-dealkylation sites (N-methyl/N-ethyl adjacent to an activating group) is 1. The first-order valence-corrected chi connectivity index (χ1v) is 6.14. The molecule has 1 aliphatic rings. The van der Waals surface area contributed by atoms with Crippen LogP contribution in [0.1, 0.15) is 18.1 Å². The molecule has 0 N–H and O–H groups in total. The Hall–Kier alpha value is -2.04. The number of nitrogens with zero attached hydrogens (tertiary/aromatic N) is 1. The molecule has 0 aliphatic carbocycles. The lowest BCUT2D eigenvalue weighted by Gasteiger charge is -2.22. The van der Waals surface area contributed by atoms with Gasteiger partial charge in [-0.1, -0.05) is 0 Å². The Balaban J connectivity index is 2.21. The number of ether oxygens (including phenoxy) is 2. The van der Waals surface area contributed by atoms with Crippen LogP contribution in [0.5, 0.6) is 11.5 Å². The van der Waals surface area contributed by atoms with E-state index in [1.165, 1.54) is 11.8 Å². The summed E-state index contributed by atoms with van der Waals surface area (Å²) in [4.78, 5) is 24.0. The van der Waals surface area contributed by atoms with Crippen LogP contribution in [0.3, 0.4) is 0 Å². The lowest BCUT2D eigenvalue weighted by molar-refractivity contribution is -0.143. The van der Waals surface area contributed by atoms with Crippen molar-refractivity contribution in [2.45, 2.75) is 20.4 Å². The molecule has 0 saturated heterocycles. The molecule has 0 fully saturated rings. The molecular formula is C14H17NO4. The van der Waals surface area contributed by atoms with Gasteiger partial charge in [0.25, 0.3) is 5.91 Å². The molecule has 1 aromatic carbocycles. The highest BCUT2D eigenvalue weighted by Gasteiger charge is 2.18. The first-order valence-electron chi connectivity index (χ1n) is 6.14. The summed E-state index contributed by atoms with van der Waals surface area (Å²) in [5.74, 6) is 0.468. The van der Waals surface area contributed by atoms with Crippen LogP contribution in [0.4, 0.5) is 0 Å². The van der Waals surface area contributed by atoms with Crippen molar-refractivity contribution in [2.24, 2.45) is 0 Å². The first-order chi connectivity index (χ1) is 8.99. The molecule has 1 heterocycles. The number of amides is 1. The molecule has 5 nitrogen and oxygen atoms in total. The van der Waals surface area contributed by atoms with Gasteiger partial charge in [0, 0.05) is 20.5 Å². The zero-order valence-corrected chi connectivity index (χ0v) is 11.4. The maximum Gasteiger partial charge on any atom is 0.289 e. The molecule has 0 bridgehead atoms. The lowest BCUT2D eigenvalue weighted by Crippen LogP contribution is -2.31. The van der Waals surface area contributed by atoms with Crippen LogP contribution in [-0.4, -0.2) is 36.9 Å². The lowest BCUT2D eigenvalue weighted by atomic mass is 10.1. The molecule has 1 aromatic rings. The van der Waals surface area contributed by atoms with Gasteiger partial charge < -0.3 is 14.4 Å². The van der Waals surface area contributed by atoms with E-state index in [9.17, 15) is 9.59 Å². The standard InChI is InChI=1S/C14H17NO4/c1-9-6-12-13(19-5-4-18-12)7-11(9)8-15(3)14(17)10(2)16/h6-7H,4-5,8H2,1-3H3. The first kappa shape index (κ1) is 13.4. The Morgan fingerprint density at radius 3 is 2.37 bits per heavy atom. The molecule has 19 heavy (non-hydrogen) atoms. The fourth-order valence-electron chi connectivity index (χ4n) is 2.00. The van der Waals surface area contributed by atoms with Gasteiger partial charge in [-0.15, -0.1) is 0 Å². The van der Waals surface area contributed by atoms with Crippen LogP contribution in [0.15, 0.2) is 12.1 Å². The van der Waals surface area contributed by atoms with E-state index >= 15 is 0 Å². The third-order valence-corrected chi connectivity index (χ3v) is 3.06. The molecule has 5 heteroatoms. The SMILES string of the molecule is CC(=O)C(=O)N(C)Cc1cc2c(cc1C)OCCO2. The Bertz CT molecular complexity index is 524. The summed E-state index contributed by atoms with van der Waals surface area (Å²) >= 11 is 0. The quantitative estimate of drug-likeness (QED) is 0.772. The molecule has 0 atom stereocenters. The molecule has 0 spiro atoms. The van der Waals surface area contributed by atoms with Gasteiger partial charge in [-0.05, 0) is 30.2 Å². The molecule has 102 valence electrons. The Kier molecular flexibility index (Phi) is 3.74. The number of carbonyl (C=O) groups is 2. The number of carbonyl (C=O) groups excluding carboxylic acids is 2. The van der Waals surface area contributed by atoms with Gasteiger partial charge >= 0.3 is 0 Å². The zero-order valence-electron chi connectivity index (χ0n) is 11.4. The van der Waals surface area contributed by atoms with Crippen LogP contribution >= 0.6 is 0 Å². The minimum absolute atomic E-state index is 0.376. The van der Waals surface area contributed by atoms with E-state index in [1.54, 1.807) is 7.05 Å². The van der Waals surface area contributed by atoms with E-state index in [4.69, 9.17) is 9.47 Å². The summed E-state index contributed by atoms with van der Waals surface area (Å²) in [5, 5.41) is 0. The van der Waals surface area contributed by atoms with Gasteiger partial charge in [0.15, 0.2) is 11.5 Å². The van der Waals surface area contributed by atoms with Crippen LogP contribution in [0.2, 0.25) is 0 Å². The molecule has 0 saturated carbocycles. The fraction of sp³-hybridized carbons (Fsp3) is 0.429. The van der Waals surface area contributed by atoms with Crippen LogP contribution in [-0.2, 0) is 16.1 Å². The molecule has 0 radical (unpaired) electrons. The Labute approximate surface area is 112 Å². The van der Waals surface area contributed by atoms with Crippen molar-refractivity contribution in [3.05, 3.63) is 23.3 Å².